The Morgan fingerprint density at radius 2 is 2.04 bits per heavy atom. The third-order valence-corrected chi connectivity index (χ3v) is 5.93. The Morgan fingerprint density at radius 1 is 1.21 bits per heavy atom. The van der Waals surface area contributed by atoms with E-state index >= 15 is 0 Å². The Balaban J connectivity index is 1.49. The Morgan fingerprint density at radius 3 is 2.79 bits per heavy atom. The van der Waals surface area contributed by atoms with Crippen molar-refractivity contribution in [2.45, 2.75) is 51.4 Å². The number of nitrogens with zero attached hydrogens (tertiary/aromatic N) is 1. The number of sulfonamides is 1. The lowest BCUT2D eigenvalue weighted by Gasteiger charge is -2.20. The number of carbonyl (C=O) groups excluding carboxylic acids is 1. The highest BCUT2D eigenvalue weighted by Gasteiger charge is 2.15. The second-order valence-electron chi connectivity index (χ2n) is 7.19. The van der Waals surface area contributed by atoms with E-state index in [-0.39, 0.29) is 11.7 Å². The van der Waals surface area contributed by atoms with Crippen LogP contribution in [0.4, 0.5) is 0 Å². The number of unbranched alkanes of at least 4 members (excludes halogenated alkanes) is 2. The monoisotopic (exact) mass is 409 g/mol. The van der Waals surface area contributed by atoms with E-state index in [1.165, 1.54) is 25.3 Å². The molecule has 1 heterocycles. The van der Waals surface area contributed by atoms with Crippen LogP contribution < -0.4 is 10.2 Å². The average molecular weight is 410 g/mol. The third kappa shape index (κ3) is 9.96. The molecule has 0 radical (unpaired) electrons. The van der Waals surface area contributed by atoms with Gasteiger partial charge in [-0.25, -0.2) is 8.42 Å². The van der Waals surface area contributed by atoms with Gasteiger partial charge in [0.2, 0.25) is 15.9 Å². The summed E-state index contributed by atoms with van der Waals surface area (Å²) in [6, 6.07) is 3.67. The SMILES string of the molecule is O=C(C=Cc1cccnc1)NCCCCCS(=O)(=O)NOCC1CCCCC1. The molecule has 0 spiro atoms. The largest absolute Gasteiger partial charge is 0.353 e. The molecule has 8 heteroatoms. The molecule has 0 bridgehead atoms. The second kappa shape index (κ2) is 12.6. The number of pyridine rings is 1. The van der Waals surface area contributed by atoms with Crippen LogP contribution in [0.15, 0.2) is 30.6 Å². The molecular formula is C20H31N3O4S. The van der Waals surface area contributed by atoms with E-state index in [9.17, 15) is 13.2 Å². The van der Waals surface area contributed by atoms with Crippen molar-refractivity contribution in [1.82, 2.24) is 15.2 Å². The minimum atomic E-state index is -3.40. The van der Waals surface area contributed by atoms with Crippen molar-refractivity contribution >= 4 is 22.0 Å². The van der Waals surface area contributed by atoms with E-state index in [2.05, 4.69) is 15.2 Å². The predicted molar refractivity (Wildman–Crippen MR) is 110 cm³/mol. The molecule has 28 heavy (non-hydrogen) atoms. The van der Waals surface area contributed by atoms with Gasteiger partial charge >= 0.3 is 0 Å². The third-order valence-electron chi connectivity index (χ3n) is 4.73. The van der Waals surface area contributed by atoms with Gasteiger partial charge in [-0.2, -0.15) is 0 Å². The van der Waals surface area contributed by atoms with E-state index in [0.29, 0.717) is 25.5 Å². The summed E-state index contributed by atoms with van der Waals surface area (Å²) in [7, 11) is -3.40. The molecule has 7 nitrogen and oxygen atoms in total. The van der Waals surface area contributed by atoms with Gasteiger partial charge in [-0.15, -0.1) is 0 Å². The first-order chi connectivity index (χ1) is 13.6. The number of nitrogens with one attached hydrogen (secondary N) is 2. The van der Waals surface area contributed by atoms with Crippen LogP contribution in [-0.4, -0.2) is 38.2 Å². The fourth-order valence-corrected chi connectivity index (χ4v) is 4.06. The summed E-state index contributed by atoms with van der Waals surface area (Å²) < 4.78 is 23.8. The van der Waals surface area contributed by atoms with E-state index < -0.39 is 10.0 Å². The quantitative estimate of drug-likeness (QED) is 0.314. The number of aromatic nitrogens is 1. The Labute approximate surface area is 168 Å². The van der Waals surface area contributed by atoms with Crippen LogP contribution in [0.2, 0.25) is 0 Å². The van der Waals surface area contributed by atoms with Crippen molar-refractivity contribution in [3.05, 3.63) is 36.2 Å². The first kappa shape index (κ1) is 22.5. The molecule has 1 saturated carbocycles. The standard InChI is InChI=1S/C20H31N3O4S/c24-20(12-11-18-10-7-13-21-16-18)22-14-5-2-6-15-28(25,26)23-27-17-19-8-3-1-4-9-19/h7,10-13,16,19,23H,1-6,8-9,14-15,17H2,(H,22,24). The number of carbonyl (C=O) groups is 1. The summed E-state index contributed by atoms with van der Waals surface area (Å²) >= 11 is 0. The number of rotatable bonds is 12. The smallest absolute Gasteiger partial charge is 0.243 e. The molecule has 0 atom stereocenters. The number of hydrogen-bond acceptors (Lipinski definition) is 5. The van der Waals surface area contributed by atoms with Crippen LogP contribution in [0.3, 0.4) is 0 Å². The molecular weight excluding hydrogens is 378 g/mol. The van der Waals surface area contributed by atoms with Gasteiger partial charge in [0.25, 0.3) is 0 Å². The highest BCUT2D eigenvalue weighted by Crippen LogP contribution is 2.23. The molecule has 1 aliphatic rings. The molecule has 0 aromatic carbocycles. The molecule has 1 aromatic heterocycles. The molecule has 1 aromatic rings. The summed E-state index contributed by atoms with van der Waals surface area (Å²) in [6.45, 7) is 0.972. The molecule has 1 fully saturated rings. The molecule has 156 valence electrons. The molecule has 0 aliphatic heterocycles. The number of amides is 1. The summed E-state index contributed by atoms with van der Waals surface area (Å²) in [4.78, 5) is 23.1. The Bertz CT molecular complexity index is 701. The van der Waals surface area contributed by atoms with Gasteiger partial charge in [-0.05, 0) is 49.3 Å². The van der Waals surface area contributed by atoms with E-state index in [1.54, 1.807) is 18.5 Å². The highest BCUT2D eigenvalue weighted by molar-refractivity contribution is 7.89. The van der Waals surface area contributed by atoms with Crippen molar-refractivity contribution in [2.75, 3.05) is 18.9 Å². The van der Waals surface area contributed by atoms with Gasteiger partial charge < -0.3 is 5.32 Å². The maximum atomic E-state index is 11.9. The topological polar surface area (TPSA) is 97.4 Å². The molecule has 0 saturated heterocycles. The van der Waals surface area contributed by atoms with E-state index in [4.69, 9.17) is 4.84 Å². The average Bonchev–Trinajstić information content (AvgIpc) is 2.70. The Kier molecular flexibility index (Phi) is 10.2. The summed E-state index contributed by atoms with van der Waals surface area (Å²) in [5, 5.41) is 2.79. The van der Waals surface area contributed by atoms with Crippen molar-refractivity contribution in [3.63, 3.8) is 0 Å². The van der Waals surface area contributed by atoms with Gasteiger partial charge in [0.1, 0.15) is 0 Å². The van der Waals surface area contributed by atoms with Gasteiger partial charge in [0.15, 0.2) is 0 Å². The fourth-order valence-electron chi connectivity index (χ4n) is 3.15. The van der Waals surface area contributed by atoms with Crippen LogP contribution in [0.25, 0.3) is 6.08 Å². The summed E-state index contributed by atoms with van der Waals surface area (Å²) in [5.74, 6) is 0.327. The highest BCUT2D eigenvalue weighted by atomic mass is 32.2. The minimum absolute atomic E-state index is 0.0342. The first-order valence-corrected chi connectivity index (χ1v) is 11.7. The van der Waals surface area contributed by atoms with Crippen molar-refractivity contribution < 1.29 is 18.0 Å². The lowest BCUT2D eigenvalue weighted by atomic mass is 9.90. The lowest BCUT2D eigenvalue weighted by Crippen LogP contribution is -2.29. The van der Waals surface area contributed by atoms with Gasteiger partial charge in [-0.1, -0.05) is 36.6 Å². The van der Waals surface area contributed by atoms with Crippen LogP contribution >= 0.6 is 0 Å². The van der Waals surface area contributed by atoms with Crippen LogP contribution in [0.1, 0.15) is 56.9 Å². The molecule has 1 amide bonds. The maximum Gasteiger partial charge on any atom is 0.243 e. The molecule has 2 rings (SSSR count). The predicted octanol–water partition coefficient (Wildman–Crippen LogP) is 2.81. The Hall–Kier alpha value is -1.77. The van der Waals surface area contributed by atoms with Gasteiger partial charge in [0.05, 0.1) is 12.4 Å². The van der Waals surface area contributed by atoms with Crippen molar-refractivity contribution in [2.24, 2.45) is 5.92 Å². The first-order valence-electron chi connectivity index (χ1n) is 10.0. The summed E-state index contributed by atoms with van der Waals surface area (Å²) in [6.07, 6.45) is 14.4. The normalized spacial score (nSPS) is 15.7. The van der Waals surface area contributed by atoms with Crippen LogP contribution in [-0.2, 0) is 19.7 Å². The van der Waals surface area contributed by atoms with E-state index in [1.807, 2.05) is 12.1 Å². The molecule has 2 N–H and O–H groups in total. The van der Waals surface area contributed by atoms with Crippen LogP contribution in [0.5, 0.6) is 0 Å². The van der Waals surface area contributed by atoms with Crippen molar-refractivity contribution in [3.8, 4) is 0 Å². The van der Waals surface area contributed by atoms with Crippen molar-refractivity contribution in [1.29, 1.82) is 0 Å². The molecule has 0 unspecified atom stereocenters. The summed E-state index contributed by atoms with van der Waals surface area (Å²) in [5.41, 5.74) is 0.862. The zero-order chi connectivity index (χ0) is 20.1. The second-order valence-corrected chi connectivity index (χ2v) is 8.99. The maximum absolute atomic E-state index is 11.9. The van der Waals surface area contributed by atoms with Gasteiger partial charge in [0, 0.05) is 25.0 Å². The minimum Gasteiger partial charge on any atom is -0.353 e. The number of hydrogen-bond donors (Lipinski definition) is 2. The zero-order valence-corrected chi connectivity index (χ0v) is 17.1. The molecule has 1 aliphatic carbocycles. The fraction of sp³-hybridized carbons (Fsp3) is 0.600. The van der Waals surface area contributed by atoms with Gasteiger partial charge in [-0.3, -0.25) is 14.6 Å². The van der Waals surface area contributed by atoms with E-state index in [0.717, 1.165) is 31.2 Å². The van der Waals surface area contributed by atoms with Crippen LogP contribution in [0, 0.1) is 5.92 Å². The zero-order valence-electron chi connectivity index (χ0n) is 16.3. The lowest BCUT2D eigenvalue weighted by molar-refractivity contribution is -0.116.